The zero-order valence-electron chi connectivity index (χ0n) is 24.1. The molecule has 3 fully saturated rings. The summed E-state index contributed by atoms with van der Waals surface area (Å²) >= 11 is 1.62. The predicted octanol–water partition coefficient (Wildman–Crippen LogP) is 4.04. The van der Waals surface area contributed by atoms with Crippen LogP contribution in [0.15, 0.2) is 84.9 Å². The molecule has 43 heavy (non-hydrogen) atoms. The molecule has 8 nitrogen and oxygen atoms in total. The van der Waals surface area contributed by atoms with Crippen LogP contribution in [0.4, 0.5) is 5.69 Å². The maximum Gasteiger partial charge on any atom is 0.244 e. The predicted molar refractivity (Wildman–Crippen MR) is 167 cm³/mol. The molecule has 0 aliphatic carbocycles. The summed E-state index contributed by atoms with van der Waals surface area (Å²) in [5.74, 6) is -1.20. The lowest BCUT2D eigenvalue weighted by Crippen LogP contribution is -2.56. The number of anilines is 1. The number of carbonyl (C=O) groups excluding carboxylic acids is 3. The summed E-state index contributed by atoms with van der Waals surface area (Å²) in [6.07, 6.45) is 1.81. The van der Waals surface area contributed by atoms with Gasteiger partial charge in [0.15, 0.2) is 0 Å². The van der Waals surface area contributed by atoms with Crippen LogP contribution in [-0.4, -0.2) is 63.0 Å². The fourth-order valence-corrected chi connectivity index (χ4v) is 9.34. The van der Waals surface area contributed by atoms with Crippen LogP contribution in [0, 0.1) is 11.8 Å². The number of aliphatic hydroxyl groups excluding tert-OH is 1. The quantitative estimate of drug-likeness (QED) is 0.307. The fourth-order valence-electron chi connectivity index (χ4n) is 7.13. The van der Waals surface area contributed by atoms with Crippen molar-refractivity contribution >= 4 is 35.2 Å². The number of hydrogen-bond donors (Lipinski definition) is 3. The average Bonchev–Trinajstić information content (AvgIpc) is 3.68. The van der Waals surface area contributed by atoms with E-state index >= 15 is 0 Å². The highest BCUT2D eigenvalue weighted by Gasteiger charge is 2.74. The monoisotopic (exact) mass is 599 g/mol. The first-order chi connectivity index (χ1) is 20.9. The van der Waals surface area contributed by atoms with Gasteiger partial charge in [-0.2, -0.15) is 0 Å². The van der Waals surface area contributed by atoms with E-state index in [0.29, 0.717) is 31.7 Å². The topological polar surface area (TPSA) is 108 Å². The Bertz CT molecular complexity index is 1450. The minimum absolute atomic E-state index is 0.0649. The second-order valence-electron chi connectivity index (χ2n) is 11.5. The van der Waals surface area contributed by atoms with E-state index in [1.807, 2.05) is 67.6 Å². The van der Waals surface area contributed by atoms with Gasteiger partial charge in [-0.25, -0.2) is 0 Å². The number of hydrogen-bond acceptors (Lipinski definition) is 6. The van der Waals surface area contributed by atoms with Crippen LogP contribution in [0.3, 0.4) is 0 Å². The maximum absolute atomic E-state index is 14.5. The number of thioether (sulfide) groups is 1. The van der Waals surface area contributed by atoms with Gasteiger partial charge in [-0.3, -0.25) is 14.4 Å². The van der Waals surface area contributed by atoms with Crippen molar-refractivity contribution in [2.24, 2.45) is 11.8 Å². The van der Waals surface area contributed by atoms with Crippen molar-refractivity contribution in [1.82, 2.24) is 10.2 Å². The van der Waals surface area contributed by atoms with Gasteiger partial charge in [-0.15, -0.1) is 11.8 Å². The molecule has 3 aromatic carbocycles. The largest absolute Gasteiger partial charge is 0.494 e. The number of carbonyl (C=O) groups is 3. The molecule has 3 amide bonds. The summed E-state index contributed by atoms with van der Waals surface area (Å²) in [6, 6.07) is 25.1. The van der Waals surface area contributed by atoms with E-state index in [4.69, 9.17) is 4.74 Å². The lowest BCUT2D eigenvalue weighted by Gasteiger charge is -2.37. The standard InChI is InChI=1S/C34H37N3O5S/c1-2-42-26-15-13-24(14-16-26)36-31(39)28-27-17-18-34(43-27)29(28)33(41)37(25(21-38)19-22-9-5-3-6-10-22)30(34)32(40)35-20-23-11-7-4-8-12-23/h3-16,25,27-30,38H,2,17-21H2,1H3,(H,35,40)(H,36,39)/t25-,27-,28+,29+,30?,34?/m1/s1. The highest BCUT2D eigenvalue weighted by atomic mass is 32.2. The van der Waals surface area contributed by atoms with Crippen LogP contribution in [0.2, 0.25) is 0 Å². The Labute approximate surface area is 256 Å². The first-order valence-electron chi connectivity index (χ1n) is 15.0. The summed E-state index contributed by atoms with van der Waals surface area (Å²) in [4.78, 5) is 44.0. The Morgan fingerprint density at radius 2 is 1.67 bits per heavy atom. The Morgan fingerprint density at radius 3 is 2.33 bits per heavy atom. The SMILES string of the molecule is CCOc1ccc(NC(=O)[C@@H]2[C@H]3C(=O)N([C@@H](CO)Cc4ccccc4)C(C(=O)NCc4ccccc4)C34CC[C@H]2S4)cc1. The van der Waals surface area contributed by atoms with Gasteiger partial charge in [-0.1, -0.05) is 60.7 Å². The molecule has 2 unspecified atom stereocenters. The van der Waals surface area contributed by atoms with Crippen molar-refractivity contribution in [3.8, 4) is 5.75 Å². The number of amides is 3. The van der Waals surface area contributed by atoms with Crippen LogP contribution in [0.1, 0.15) is 30.9 Å². The average molecular weight is 600 g/mol. The third-order valence-corrected chi connectivity index (χ3v) is 10.9. The van der Waals surface area contributed by atoms with Crippen LogP contribution in [-0.2, 0) is 27.3 Å². The molecule has 0 aromatic heterocycles. The Balaban J connectivity index is 1.30. The molecule has 3 aliphatic rings. The molecule has 3 heterocycles. The Kier molecular flexibility index (Phi) is 8.45. The van der Waals surface area contributed by atoms with Gasteiger partial charge in [0.25, 0.3) is 0 Å². The molecule has 0 radical (unpaired) electrons. The summed E-state index contributed by atoms with van der Waals surface area (Å²) in [7, 11) is 0. The number of fused-ring (bicyclic) bond motifs is 1. The van der Waals surface area contributed by atoms with E-state index in [1.54, 1.807) is 40.9 Å². The van der Waals surface area contributed by atoms with Crippen LogP contribution >= 0.6 is 11.8 Å². The number of nitrogens with one attached hydrogen (secondary N) is 2. The summed E-state index contributed by atoms with van der Waals surface area (Å²) in [6.45, 7) is 2.51. The molecule has 0 saturated carbocycles. The number of benzene rings is 3. The van der Waals surface area contributed by atoms with Gasteiger partial charge >= 0.3 is 0 Å². The van der Waals surface area contributed by atoms with Crippen molar-refractivity contribution in [3.63, 3.8) is 0 Å². The summed E-state index contributed by atoms with van der Waals surface area (Å²) in [5, 5.41) is 16.7. The minimum atomic E-state index is -0.798. The number of rotatable bonds is 11. The van der Waals surface area contributed by atoms with Crippen LogP contribution in [0.5, 0.6) is 5.75 Å². The minimum Gasteiger partial charge on any atom is -0.494 e. The second kappa shape index (κ2) is 12.4. The third kappa shape index (κ3) is 5.52. The zero-order chi connectivity index (χ0) is 30.0. The number of nitrogens with zero attached hydrogens (tertiary/aromatic N) is 1. The van der Waals surface area contributed by atoms with E-state index in [0.717, 1.165) is 23.3 Å². The zero-order valence-corrected chi connectivity index (χ0v) is 25.0. The maximum atomic E-state index is 14.5. The number of likely N-dealkylation sites (tertiary alicyclic amines) is 1. The third-order valence-electron chi connectivity index (χ3n) is 8.95. The van der Waals surface area contributed by atoms with Gasteiger partial charge in [0.05, 0.1) is 35.8 Å². The molecule has 224 valence electrons. The first kappa shape index (κ1) is 29.3. The molecule has 6 rings (SSSR count). The van der Waals surface area contributed by atoms with E-state index in [1.165, 1.54) is 0 Å². The van der Waals surface area contributed by atoms with Crippen LogP contribution < -0.4 is 15.4 Å². The molecule has 3 aromatic rings. The van der Waals surface area contributed by atoms with E-state index in [9.17, 15) is 19.5 Å². The van der Waals surface area contributed by atoms with Gasteiger partial charge in [0.1, 0.15) is 11.8 Å². The van der Waals surface area contributed by atoms with Gasteiger partial charge < -0.3 is 25.4 Å². The van der Waals surface area contributed by atoms with Crippen molar-refractivity contribution in [3.05, 3.63) is 96.1 Å². The number of aliphatic hydroxyl groups is 1. The Hall–Kier alpha value is -3.82. The van der Waals surface area contributed by atoms with Crippen molar-refractivity contribution < 1.29 is 24.2 Å². The smallest absolute Gasteiger partial charge is 0.244 e. The summed E-state index contributed by atoms with van der Waals surface area (Å²) in [5.41, 5.74) is 2.56. The first-order valence-corrected chi connectivity index (χ1v) is 15.8. The molecular formula is C34H37N3O5S. The highest BCUT2D eigenvalue weighted by Crippen LogP contribution is 2.66. The Morgan fingerprint density at radius 1 is 1.00 bits per heavy atom. The van der Waals surface area contributed by atoms with E-state index in [-0.39, 0.29) is 29.6 Å². The van der Waals surface area contributed by atoms with E-state index in [2.05, 4.69) is 10.6 Å². The van der Waals surface area contributed by atoms with E-state index < -0.39 is 28.7 Å². The normalized spacial score (nSPS) is 26.2. The van der Waals surface area contributed by atoms with Crippen molar-refractivity contribution in [2.75, 3.05) is 18.5 Å². The van der Waals surface area contributed by atoms with Gasteiger partial charge in [0, 0.05) is 17.5 Å². The lowest BCUT2D eigenvalue weighted by atomic mass is 9.70. The second-order valence-corrected chi connectivity index (χ2v) is 13.1. The lowest BCUT2D eigenvalue weighted by molar-refractivity contribution is -0.142. The van der Waals surface area contributed by atoms with Crippen molar-refractivity contribution in [1.29, 1.82) is 0 Å². The molecule has 2 bridgehead atoms. The molecular weight excluding hydrogens is 562 g/mol. The molecule has 3 saturated heterocycles. The molecule has 6 atom stereocenters. The highest BCUT2D eigenvalue weighted by molar-refractivity contribution is 8.02. The molecule has 9 heteroatoms. The molecule has 3 aliphatic heterocycles. The number of ether oxygens (including phenoxy) is 1. The fraction of sp³-hybridized carbons (Fsp3) is 0.382. The van der Waals surface area contributed by atoms with Crippen molar-refractivity contribution in [2.45, 2.75) is 54.8 Å². The molecule has 3 N–H and O–H groups in total. The van der Waals surface area contributed by atoms with Gasteiger partial charge in [0.2, 0.25) is 17.7 Å². The summed E-state index contributed by atoms with van der Waals surface area (Å²) < 4.78 is 4.78. The van der Waals surface area contributed by atoms with Crippen LogP contribution in [0.25, 0.3) is 0 Å². The van der Waals surface area contributed by atoms with Gasteiger partial charge in [-0.05, 0) is 61.6 Å². The molecule has 1 spiro atoms.